The van der Waals surface area contributed by atoms with Gasteiger partial charge in [0.2, 0.25) is 0 Å². The van der Waals surface area contributed by atoms with Crippen LogP contribution in [0.1, 0.15) is 51.9 Å². The van der Waals surface area contributed by atoms with E-state index in [-0.39, 0.29) is 5.78 Å². The van der Waals surface area contributed by atoms with Crippen molar-refractivity contribution in [1.29, 1.82) is 0 Å². The van der Waals surface area contributed by atoms with Crippen LogP contribution in [0.3, 0.4) is 0 Å². The molecule has 2 aromatic rings. The minimum atomic E-state index is 0.131. The van der Waals surface area contributed by atoms with E-state index < -0.39 is 0 Å². The highest BCUT2D eigenvalue weighted by Gasteiger charge is 2.15. The maximum absolute atomic E-state index is 12.9. The number of hydrogen-bond donors (Lipinski definition) is 0. The summed E-state index contributed by atoms with van der Waals surface area (Å²) in [4.78, 5) is 15.3. The predicted octanol–water partition coefficient (Wildman–Crippen LogP) is 4.52. The highest BCUT2D eigenvalue weighted by atomic mass is 16.1. The second-order valence-electron chi connectivity index (χ2n) is 6.61. The van der Waals surface area contributed by atoms with Crippen molar-refractivity contribution in [2.75, 3.05) is 13.1 Å². The van der Waals surface area contributed by atoms with Crippen molar-refractivity contribution < 1.29 is 4.79 Å². The van der Waals surface area contributed by atoms with Gasteiger partial charge in [0.05, 0.1) is 0 Å². The number of piperidine rings is 1. The molecule has 0 spiro atoms. The zero-order valence-corrected chi connectivity index (χ0v) is 14.1. The highest BCUT2D eigenvalue weighted by Crippen LogP contribution is 2.19. The van der Waals surface area contributed by atoms with E-state index in [1.165, 1.54) is 43.5 Å². The van der Waals surface area contributed by atoms with E-state index in [9.17, 15) is 4.79 Å². The fourth-order valence-corrected chi connectivity index (χ4v) is 3.34. The van der Waals surface area contributed by atoms with Crippen LogP contribution in [0.15, 0.2) is 42.5 Å². The average molecular weight is 307 g/mol. The summed E-state index contributed by atoms with van der Waals surface area (Å²) in [7, 11) is 0. The minimum Gasteiger partial charge on any atom is -0.299 e. The van der Waals surface area contributed by atoms with E-state index in [0.29, 0.717) is 0 Å². The van der Waals surface area contributed by atoms with E-state index in [0.717, 1.165) is 23.2 Å². The van der Waals surface area contributed by atoms with Crippen LogP contribution in [0.25, 0.3) is 0 Å². The molecule has 1 aliphatic rings. The summed E-state index contributed by atoms with van der Waals surface area (Å²) >= 11 is 0. The van der Waals surface area contributed by atoms with Crippen LogP contribution in [0.2, 0.25) is 0 Å². The summed E-state index contributed by atoms with van der Waals surface area (Å²) in [5.74, 6) is 0.131. The SMILES string of the molecule is Cc1cccc(C(=O)c2cccc(CN3CCCCC3)c2)c1C. The van der Waals surface area contributed by atoms with Crippen molar-refractivity contribution >= 4 is 5.78 Å². The van der Waals surface area contributed by atoms with Crippen molar-refractivity contribution in [3.8, 4) is 0 Å². The van der Waals surface area contributed by atoms with Gasteiger partial charge in [-0.25, -0.2) is 0 Å². The van der Waals surface area contributed by atoms with Crippen molar-refractivity contribution in [2.45, 2.75) is 39.7 Å². The number of carbonyl (C=O) groups is 1. The third-order valence-electron chi connectivity index (χ3n) is 4.89. The Bertz CT molecular complexity index is 699. The standard InChI is InChI=1S/C21H25NO/c1-16-8-6-11-20(17(16)2)21(23)19-10-7-9-18(14-19)15-22-12-4-3-5-13-22/h6-11,14H,3-5,12-13,15H2,1-2H3. The van der Waals surface area contributed by atoms with Crippen LogP contribution >= 0.6 is 0 Å². The smallest absolute Gasteiger partial charge is 0.193 e. The van der Waals surface area contributed by atoms with Gasteiger partial charge in [-0.3, -0.25) is 9.69 Å². The molecule has 0 aliphatic carbocycles. The first-order valence-corrected chi connectivity index (χ1v) is 8.57. The van der Waals surface area contributed by atoms with Crippen LogP contribution in [-0.2, 0) is 6.54 Å². The molecule has 0 unspecified atom stereocenters. The average Bonchev–Trinajstić information content (AvgIpc) is 2.58. The first-order chi connectivity index (χ1) is 11.1. The second-order valence-corrected chi connectivity index (χ2v) is 6.61. The Morgan fingerprint density at radius 2 is 1.74 bits per heavy atom. The number of ketones is 1. The predicted molar refractivity (Wildman–Crippen MR) is 94.9 cm³/mol. The molecule has 2 aromatic carbocycles. The Balaban J connectivity index is 1.81. The molecule has 0 bridgehead atoms. The van der Waals surface area contributed by atoms with Gasteiger partial charge in [0, 0.05) is 17.7 Å². The third kappa shape index (κ3) is 3.70. The van der Waals surface area contributed by atoms with Crippen LogP contribution in [0.5, 0.6) is 0 Å². The number of likely N-dealkylation sites (tertiary alicyclic amines) is 1. The van der Waals surface area contributed by atoms with Crippen molar-refractivity contribution in [2.24, 2.45) is 0 Å². The molecule has 1 fully saturated rings. The summed E-state index contributed by atoms with van der Waals surface area (Å²) in [6.07, 6.45) is 3.93. The Kier molecular flexibility index (Phi) is 4.92. The van der Waals surface area contributed by atoms with Gasteiger partial charge < -0.3 is 0 Å². The van der Waals surface area contributed by atoms with Gasteiger partial charge in [0.25, 0.3) is 0 Å². The lowest BCUT2D eigenvalue weighted by atomic mass is 9.95. The zero-order valence-electron chi connectivity index (χ0n) is 14.1. The third-order valence-corrected chi connectivity index (χ3v) is 4.89. The molecule has 0 aromatic heterocycles. The van der Waals surface area contributed by atoms with Crippen LogP contribution in [0, 0.1) is 13.8 Å². The highest BCUT2D eigenvalue weighted by molar-refractivity contribution is 6.10. The van der Waals surface area contributed by atoms with E-state index in [1.54, 1.807) is 0 Å². The van der Waals surface area contributed by atoms with Gasteiger partial charge in [0.1, 0.15) is 0 Å². The van der Waals surface area contributed by atoms with E-state index in [4.69, 9.17) is 0 Å². The maximum atomic E-state index is 12.9. The fourth-order valence-electron chi connectivity index (χ4n) is 3.34. The Hall–Kier alpha value is -1.93. The molecule has 2 nitrogen and oxygen atoms in total. The molecule has 23 heavy (non-hydrogen) atoms. The largest absolute Gasteiger partial charge is 0.299 e. The minimum absolute atomic E-state index is 0.131. The van der Waals surface area contributed by atoms with Crippen LogP contribution in [-0.4, -0.2) is 23.8 Å². The van der Waals surface area contributed by atoms with Crippen molar-refractivity contribution in [3.63, 3.8) is 0 Å². The molecule has 0 radical (unpaired) electrons. The molecule has 3 rings (SSSR count). The number of rotatable bonds is 4. The monoisotopic (exact) mass is 307 g/mol. The molecule has 0 N–H and O–H groups in total. The lowest BCUT2D eigenvalue weighted by Gasteiger charge is -2.26. The normalized spacial score (nSPS) is 15.6. The fraction of sp³-hybridized carbons (Fsp3) is 0.381. The van der Waals surface area contributed by atoms with Crippen LogP contribution in [0.4, 0.5) is 0 Å². The lowest BCUT2D eigenvalue weighted by molar-refractivity contribution is 0.103. The van der Waals surface area contributed by atoms with Gasteiger partial charge in [-0.1, -0.05) is 42.8 Å². The van der Waals surface area contributed by atoms with Gasteiger partial charge in [-0.05, 0) is 62.5 Å². The van der Waals surface area contributed by atoms with Crippen LogP contribution < -0.4 is 0 Å². The summed E-state index contributed by atoms with van der Waals surface area (Å²) in [5, 5.41) is 0. The zero-order chi connectivity index (χ0) is 16.2. The van der Waals surface area contributed by atoms with Crippen molar-refractivity contribution in [3.05, 3.63) is 70.3 Å². The van der Waals surface area contributed by atoms with Gasteiger partial charge in [0.15, 0.2) is 5.78 Å². The first-order valence-electron chi connectivity index (χ1n) is 8.57. The first kappa shape index (κ1) is 15.9. The van der Waals surface area contributed by atoms with E-state index in [2.05, 4.69) is 30.0 Å². The molecule has 2 heteroatoms. The van der Waals surface area contributed by atoms with E-state index >= 15 is 0 Å². The molecular formula is C21H25NO. The summed E-state index contributed by atoms with van der Waals surface area (Å²) < 4.78 is 0. The molecule has 120 valence electrons. The van der Waals surface area contributed by atoms with Gasteiger partial charge >= 0.3 is 0 Å². The molecule has 0 amide bonds. The molecule has 0 atom stereocenters. The Labute approximate surface area is 139 Å². The Morgan fingerprint density at radius 1 is 1.00 bits per heavy atom. The molecular weight excluding hydrogens is 282 g/mol. The number of carbonyl (C=O) groups excluding carboxylic acids is 1. The number of benzene rings is 2. The summed E-state index contributed by atoms with van der Waals surface area (Å²) in [6.45, 7) is 7.39. The molecule has 1 heterocycles. The summed E-state index contributed by atoms with van der Waals surface area (Å²) in [5.41, 5.74) is 5.11. The quantitative estimate of drug-likeness (QED) is 0.774. The number of nitrogens with zero attached hydrogens (tertiary/aromatic N) is 1. The molecule has 1 aliphatic heterocycles. The van der Waals surface area contributed by atoms with Gasteiger partial charge in [-0.15, -0.1) is 0 Å². The number of hydrogen-bond acceptors (Lipinski definition) is 2. The van der Waals surface area contributed by atoms with Crippen molar-refractivity contribution in [1.82, 2.24) is 4.90 Å². The Morgan fingerprint density at radius 3 is 2.52 bits per heavy atom. The summed E-state index contributed by atoms with van der Waals surface area (Å²) in [6, 6.07) is 14.1. The number of aryl methyl sites for hydroxylation is 1. The second kappa shape index (κ2) is 7.10. The molecule has 0 saturated carbocycles. The lowest BCUT2D eigenvalue weighted by Crippen LogP contribution is -2.29. The van der Waals surface area contributed by atoms with E-state index in [1.807, 2.05) is 31.2 Å². The van der Waals surface area contributed by atoms with Gasteiger partial charge in [-0.2, -0.15) is 0 Å². The molecule has 1 saturated heterocycles. The topological polar surface area (TPSA) is 20.3 Å². The maximum Gasteiger partial charge on any atom is 0.193 e.